The summed E-state index contributed by atoms with van der Waals surface area (Å²) < 4.78 is 4.81. The van der Waals surface area contributed by atoms with E-state index in [-0.39, 0.29) is 35.3 Å². The van der Waals surface area contributed by atoms with E-state index in [4.69, 9.17) is 4.74 Å². The van der Waals surface area contributed by atoms with Crippen LogP contribution in [0.4, 0.5) is 0 Å². The smallest absolute Gasteiger partial charge is 0.870 e. The van der Waals surface area contributed by atoms with Crippen molar-refractivity contribution in [1.82, 2.24) is 0 Å². The van der Waals surface area contributed by atoms with Crippen LogP contribution in [-0.2, 0) is 0 Å². The summed E-state index contributed by atoms with van der Waals surface area (Å²) in [4.78, 5) is 0. The molecule has 0 aliphatic heterocycles. The van der Waals surface area contributed by atoms with E-state index in [1.807, 2.05) is 6.92 Å². The van der Waals surface area contributed by atoms with Crippen LogP contribution in [0.1, 0.15) is 5.56 Å². The molecule has 0 radical (unpaired) electrons. The van der Waals surface area contributed by atoms with Gasteiger partial charge in [-0.05, 0) is 18.6 Å². The van der Waals surface area contributed by atoms with Gasteiger partial charge in [-0.25, -0.2) is 0 Å². The maximum absolute atomic E-state index is 10.9. The predicted molar refractivity (Wildman–Crippen MR) is 37.2 cm³/mol. The second-order valence-corrected chi connectivity index (χ2v) is 2.15. The van der Waals surface area contributed by atoms with Gasteiger partial charge in [0.05, 0.1) is 7.11 Å². The van der Waals surface area contributed by atoms with Gasteiger partial charge < -0.3 is 9.84 Å². The Kier molecular flexibility index (Phi) is 4.57. The zero-order chi connectivity index (χ0) is 7.56. The molecule has 54 valence electrons. The quantitative estimate of drug-likeness (QED) is 0.449. The minimum atomic E-state index is -0.0619. The Labute approximate surface area is 88.5 Å². The molecule has 0 heterocycles. The second-order valence-electron chi connectivity index (χ2n) is 2.15. The molecule has 11 heavy (non-hydrogen) atoms. The average Bonchev–Trinajstić information content (AvgIpc) is 1.94. The number of aryl methyl sites for hydroxylation is 1. The van der Waals surface area contributed by atoms with E-state index in [2.05, 4.69) is 0 Å². The van der Waals surface area contributed by atoms with Crippen molar-refractivity contribution in [2.24, 2.45) is 0 Å². The van der Waals surface area contributed by atoms with Crippen LogP contribution in [0.15, 0.2) is 18.2 Å². The molecule has 1 aromatic carbocycles. The first-order valence-corrected chi connectivity index (χ1v) is 3.05. The maximum Gasteiger partial charge on any atom is 1.00 e. The molecule has 0 saturated heterocycles. The molecule has 1 rings (SSSR count). The summed E-state index contributed by atoms with van der Waals surface area (Å²) in [5.41, 5.74) is 1.04. The Hall–Kier alpha value is -0.180. The van der Waals surface area contributed by atoms with E-state index in [0.717, 1.165) is 5.56 Å². The Morgan fingerprint density at radius 1 is 1.36 bits per heavy atom. The Balaban J connectivity index is 0.000001000. The third-order valence-electron chi connectivity index (χ3n) is 1.32. The minimum Gasteiger partial charge on any atom is -0.870 e. The van der Waals surface area contributed by atoms with E-state index >= 15 is 0 Å². The average molecular weight is 160 g/mol. The van der Waals surface area contributed by atoms with Gasteiger partial charge >= 0.3 is 29.6 Å². The first-order chi connectivity index (χ1) is 4.74. The molecular formula is C8H9NaO2. The fraction of sp³-hybridized carbons (Fsp3) is 0.250. The summed E-state index contributed by atoms with van der Waals surface area (Å²) in [7, 11) is 1.50. The van der Waals surface area contributed by atoms with Crippen LogP contribution < -0.4 is 39.4 Å². The van der Waals surface area contributed by atoms with Crippen LogP contribution in [0.5, 0.6) is 11.5 Å². The van der Waals surface area contributed by atoms with Crippen molar-refractivity contribution >= 4 is 0 Å². The molecule has 0 unspecified atom stereocenters. The minimum absolute atomic E-state index is 0. The number of hydrogen-bond acceptors (Lipinski definition) is 2. The second kappa shape index (κ2) is 4.65. The Morgan fingerprint density at radius 3 is 2.45 bits per heavy atom. The molecule has 0 aliphatic rings. The molecular weight excluding hydrogens is 151 g/mol. The number of ether oxygens (including phenoxy) is 1. The van der Waals surface area contributed by atoms with E-state index in [9.17, 15) is 5.11 Å². The fourth-order valence-electron chi connectivity index (χ4n) is 0.775. The molecule has 0 amide bonds. The molecule has 0 N–H and O–H groups in total. The standard InChI is InChI=1S/C8H10O2.Na/c1-6-3-4-7(9)8(5-6)10-2;/h3-5,9H,1-2H3;/q;+1/p-1. The van der Waals surface area contributed by atoms with Crippen LogP contribution >= 0.6 is 0 Å². The van der Waals surface area contributed by atoms with Gasteiger partial charge in [0.2, 0.25) is 0 Å². The van der Waals surface area contributed by atoms with Gasteiger partial charge in [0.25, 0.3) is 0 Å². The number of hydrogen-bond donors (Lipinski definition) is 0. The monoisotopic (exact) mass is 160 g/mol. The van der Waals surface area contributed by atoms with Gasteiger partial charge in [-0.3, -0.25) is 0 Å². The van der Waals surface area contributed by atoms with Gasteiger partial charge in [0, 0.05) is 0 Å². The van der Waals surface area contributed by atoms with Gasteiger partial charge in [-0.2, -0.15) is 0 Å². The van der Waals surface area contributed by atoms with E-state index in [0.29, 0.717) is 5.75 Å². The van der Waals surface area contributed by atoms with E-state index in [1.54, 1.807) is 12.1 Å². The summed E-state index contributed by atoms with van der Waals surface area (Å²) in [6.45, 7) is 1.92. The predicted octanol–water partition coefficient (Wildman–Crippen LogP) is -1.92. The van der Waals surface area contributed by atoms with Crippen LogP contribution in [0.3, 0.4) is 0 Å². The first kappa shape index (κ1) is 10.8. The Bertz CT molecular complexity index is 236. The van der Waals surface area contributed by atoms with Crippen molar-refractivity contribution in [3.8, 4) is 11.5 Å². The van der Waals surface area contributed by atoms with Crippen molar-refractivity contribution in [2.45, 2.75) is 6.92 Å². The fourth-order valence-corrected chi connectivity index (χ4v) is 0.775. The van der Waals surface area contributed by atoms with E-state index < -0.39 is 0 Å². The van der Waals surface area contributed by atoms with Crippen molar-refractivity contribution in [3.05, 3.63) is 23.8 Å². The molecule has 0 aliphatic carbocycles. The summed E-state index contributed by atoms with van der Waals surface area (Å²) in [6, 6.07) is 5.00. The molecule has 3 heteroatoms. The topological polar surface area (TPSA) is 32.3 Å². The van der Waals surface area contributed by atoms with Crippen LogP contribution in [0.2, 0.25) is 0 Å². The zero-order valence-electron chi connectivity index (χ0n) is 7.05. The Morgan fingerprint density at radius 2 is 2.00 bits per heavy atom. The summed E-state index contributed by atoms with van der Waals surface area (Å²) in [6.07, 6.45) is 0. The van der Waals surface area contributed by atoms with Crippen molar-refractivity contribution < 1.29 is 39.4 Å². The maximum atomic E-state index is 10.9. The number of benzene rings is 1. The third-order valence-corrected chi connectivity index (χ3v) is 1.32. The normalized spacial score (nSPS) is 8.55. The molecule has 2 nitrogen and oxygen atoms in total. The molecule has 0 fully saturated rings. The molecule has 0 saturated carbocycles. The molecule has 0 atom stereocenters. The third kappa shape index (κ3) is 2.73. The van der Waals surface area contributed by atoms with Crippen molar-refractivity contribution in [2.75, 3.05) is 7.11 Å². The largest absolute Gasteiger partial charge is 1.00 e. The molecule has 1 aromatic rings. The number of rotatable bonds is 1. The number of methoxy groups -OCH3 is 1. The molecule has 0 bridgehead atoms. The van der Waals surface area contributed by atoms with Crippen molar-refractivity contribution in [1.29, 1.82) is 0 Å². The summed E-state index contributed by atoms with van der Waals surface area (Å²) in [5.74, 6) is 0.355. The SMILES string of the molecule is COc1cc(C)ccc1[O-].[Na+]. The van der Waals surface area contributed by atoms with E-state index in [1.165, 1.54) is 13.2 Å². The first-order valence-electron chi connectivity index (χ1n) is 3.05. The van der Waals surface area contributed by atoms with Crippen molar-refractivity contribution in [3.63, 3.8) is 0 Å². The van der Waals surface area contributed by atoms with Crippen LogP contribution in [0.25, 0.3) is 0 Å². The van der Waals surface area contributed by atoms with Gasteiger partial charge in [-0.1, -0.05) is 17.9 Å². The molecule has 0 aromatic heterocycles. The molecule has 0 spiro atoms. The summed E-state index contributed by atoms with van der Waals surface area (Å²) in [5, 5.41) is 10.9. The van der Waals surface area contributed by atoms with Gasteiger partial charge in [0.15, 0.2) is 0 Å². The summed E-state index contributed by atoms with van der Waals surface area (Å²) >= 11 is 0. The zero-order valence-corrected chi connectivity index (χ0v) is 9.05. The van der Waals surface area contributed by atoms with Gasteiger partial charge in [0.1, 0.15) is 5.75 Å². The van der Waals surface area contributed by atoms with Gasteiger partial charge in [-0.15, -0.1) is 0 Å². The van der Waals surface area contributed by atoms with Crippen LogP contribution in [0, 0.1) is 6.92 Å². The van der Waals surface area contributed by atoms with Crippen LogP contribution in [-0.4, -0.2) is 7.11 Å².